The first kappa shape index (κ1) is 14.3. The van der Waals surface area contributed by atoms with Gasteiger partial charge in [0.2, 0.25) is 5.91 Å². The number of thioether (sulfide) groups is 1. The molecule has 1 aliphatic rings. The summed E-state index contributed by atoms with van der Waals surface area (Å²) in [5, 5.41) is 8.90. The van der Waals surface area contributed by atoms with E-state index in [1.165, 1.54) is 23.3 Å². The molecule has 0 atom stereocenters. The summed E-state index contributed by atoms with van der Waals surface area (Å²) >= 11 is 2.68. The molecule has 2 heterocycles. The Morgan fingerprint density at radius 3 is 2.68 bits per heavy atom. The van der Waals surface area contributed by atoms with Crippen molar-refractivity contribution in [3.8, 4) is 0 Å². The maximum absolute atomic E-state index is 12.0. The van der Waals surface area contributed by atoms with Gasteiger partial charge in [-0.25, -0.2) is 4.98 Å². The highest BCUT2D eigenvalue weighted by molar-refractivity contribution is 8.01. The van der Waals surface area contributed by atoms with Crippen LogP contribution in [0.1, 0.15) is 18.7 Å². The summed E-state index contributed by atoms with van der Waals surface area (Å²) in [7, 11) is 0. The molecule has 2 rings (SSSR count). The first-order valence-corrected chi connectivity index (χ1v) is 7.76. The number of nitrogens with zero attached hydrogens (tertiary/aromatic N) is 3. The van der Waals surface area contributed by atoms with Crippen LogP contribution in [0.2, 0.25) is 0 Å². The van der Waals surface area contributed by atoms with E-state index in [1.54, 1.807) is 4.90 Å². The lowest BCUT2D eigenvalue weighted by atomic mass is 9.97. The van der Waals surface area contributed by atoms with Gasteiger partial charge >= 0.3 is 5.97 Å². The molecule has 0 aliphatic carbocycles. The normalized spacial score (nSPS) is 16.6. The van der Waals surface area contributed by atoms with Crippen LogP contribution in [0.25, 0.3) is 0 Å². The van der Waals surface area contributed by atoms with Crippen LogP contribution in [0.4, 0.5) is 0 Å². The number of aryl methyl sites for hydroxylation is 1. The van der Waals surface area contributed by atoms with Crippen molar-refractivity contribution in [1.82, 2.24) is 14.3 Å². The highest BCUT2D eigenvalue weighted by Crippen LogP contribution is 2.22. The van der Waals surface area contributed by atoms with Gasteiger partial charge in [0.05, 0.1) is 11.7 Å². The Morgan fingerprint density at radius 2 is 2.16 bits per heavy atom. The number of hydrogen-bond acceptors (Lipinski definition) is 6. The fraction of sp³-hybridized carbons (Fsp3) is 0.636. The molecule has 6 nitrogen and oxygen atoms in total. The third-order valence-electron chi connectivity index (χ3n) is 3.02. The van der Waals surface area contributed by atoms with E-state index in [9.17, 15) is 9.59 Å². The van der Waals surface area contributed by atoms with Gasteiger partial charge in [0.1, 0.15) is 5.82 Å². The van der Waals surface area contributed by atoms with Crippen LogP contribution >= 0.6 is 23.3 Å². The number of rotatable bonds is 4. The molecule has 0 spiro atoms. The Balaban J connectivity index is 1.77. The second-order valence-electron chi connectivity index (χ2n) is 4.39. The average molecular weight is 301 g/mol. The molecule has 1 aromatic heterocycles. The summed E-state index contributed by atoms with van der Waals surface area (Å²) in [6.45, 7) is 2.88. The first-order valence-electron chi connectivity index (χ1n) is 6.00. The second-order valence-corrected chi connectivity index (χ2v) is 6.36. The number of carboxylic acids is 1. The van der Waals surface area contributed by atoms with Gasteiger partial charge in [0.25, 0.3) is 0 Å². The number of likely N-dealkylation sites (tertiary alicyclic amines) is 1. The number of aliphatic carboxylic acids is 1. The Labute approximate surface area is 119 Å². The van der Waals surface area contributed by atoms with Gasteiger partial charge in [-0.2, -0.15) is 4.37 Å². The zero-order valence-corrected chi connectivity index (χ0v) is 12.2. The van der Waals surface area contributed by atoms with E-state index in [-0.39, 0.29) is 11.8 Å². The zero-order valence-electron chi connectivity index (χ0n) is 10.5. The van der Waals surface area contributed by atoms with Crippen LogP contribution in [0, 0.1) is 12.8 Å². The molecular formula is C11H15N3O3S2. The third-order valence-corrected chi connectivity index (χ3v) is 4.93. The van der Waals surface area contributed by atoms with Gasteiger partial charge < -0.3 is 10.0 Å². The van der Waals surface area contributed by atoms with Crippen LogP contribution in [0.15, 0.2) is 4.34 Å². The summed E-state index contributed by atoms with van der Waals surface area (Å²) in [5.41, 5.74) is 0. The van der Waals surface area contributed by atoms with E-state index in [2.05, 4.69) is 9.36 Å². The maximum Gasteiger partial charge on any atom is 0.306 e. The molecule has 0 radical (unpaired) electrons. The van der Waals surface area contributed by atoms with Crippen molar-refractivity contribution in [3.63, 3.8) is 0 Å². The number of aromatic nitrogens is 2. The fourth-order valence-corrected chi connectivity index (χ4v) is 3.48. The van der Waals surface area contributed by atoms with Crippen molar-refractivity contribution in [2.24, 2.45) is 5.92 Å². The molecule has 1 aliphatic heterocycles. The lowest BCUT2D eigenvalue weighted by Crippen LogP contribution is -2.41. The molecular weight excluding hydrogens is 286 g/mol. The second kappa shape index (κ2) is 6.33. The third kappa shape index (κ3) is 3.90. The van der Waals surface area contributed by atoms with E-state index < -0.39 is 5.97 Å². The van der Waals surface area contributed by atoms with Gasteiger partial charge in [-0.1, -0.05) is 11.8 Å². The standard InChI is InChI=1S/C11H15N3O3S2/c1-7-12-11(19-13-7)18-6-9(15)14-4-2-8(3-5-14)10(16)17/h8H,2-6H2,1H3,(H,16,17). The number of hydrogen-bond donors (Lipinski definition) is 1. The first-order chi connectivity index (χ1) is 9.06. The van der Waals surface area contributed by atoms with Gasteiger partial charge in [-0.3, -0.25) is 9.59 Å². The predicted octanol–water partition coefficient (Wildman–Crippen LogP) is 1.26. The quantitative estimate of drug-likeness (QED) is 0.843. The minimum Gasteiger partial charge on any atom is -0.481 e. The lowest BCUT2D eigenvalue weighted by molar-refractivity contribution is -0.145. The predicted molar refractivity (Wildman–Crippen MR) is 72.3 cm³/mol. The van der Waals surface area contributed by atoms with Crippen LogP contribution < -0.4 is 0 Å². The summed E-state index contributed by atoms with van der Waals surface area (Å²) < 4.78 is 4.85. The molecule has 1 N–H and O–H groups in total. The minimum absolute atomic E-state index is 0.0432. The van der Waals surface area contributed by atoms with Crippen LogP contribution in [-0.2, 0) is 9.59 Å². The van der Waals surface area contributed by atoms with Gasteiger partial charge in [0.15, 0.2) is 4.34 Å². The number of carboxylic acid groups (broad SMARTS) is 1. The largest absolute Gasteiger partial charge is 0.481 e. The molecule has 0 saturated carbocycles. The molecule has 0 bridgehead atoms. The SMILES string of the molecule is Cc1nsc(SCC(=O)N2CCC(C(=O)O)CC2)n1. The summed E-state index contributed by atoms with van der Waals surface area (Å²) in [6, 6.07) is 0. The van der Waals surface area contributed by atoms with Gasteiger partial charge in [-0.05, 0) is 31.3 Å². The molecule has 0 aromatic carbocycles. The Hall–Kier alpha value is -1.15. The van der Waals surface area contributed by atoms with Crippen LogP contribution in [0.3, 0.4) is 0 Å². The smallest absolute Gasteiger partial charge is 0.306 e. The molecule has 104 valence electrons. The number of carbonyl (C=O) groups excluding carboxylic acids is 1. The fourth-order valence-electron chi connectivity index (χ4n) is 1.93. The zero-order chi connectivity index (χ0) is 13.8. The molecule has 1 saturated heterocycles. The van der Waals surface area contributed by atoms with E-state index in [4.69, 9.17) is 5.11 Å². The van der Waals surface area contributed by atoms with Crippen molar-refractivity contribution >= 4 is 35.2 Å². The molecule has 19 heavy (non-hydrogen) atoms. The Kier molecular flexibility index (Phi) is 4.76. The van der Waals surface area contributed by atoms with Crippen molar-refractivity contribution < 1.29 is 14.7 Å². The van der Waals surface area contributed by atoms with Crippen molar-refractivity contribution in [2.75, 3.05) is 18.8 Å². The molecule has 0 unspecified atom stereocenters. The highest BCUT2D eigenvalue weighted by Gasteiger charge is 2.26. The van der Waals surface area contributed by atoms with Crippen LogP contribution in [-0.4, -0.2) is 50.1 Å². The maximum atomic E-state index is 12.0. The summed E-state index contributed by atoms with van der Waals surface area (Å²) in [6.07, 6.45) is 1.09. The van der Waals surface area contributed by atoms with Crippen molar-refractivity contribution in [2.45, 2.75) is 24.1 Å². The molecule has 8 heteroatoms. The molecule has 1 aromatic rings. The molecule has 1 fully saturated rings. The molecule has 1 amide bonds. The van der Waals surface area contributed by atoms with E-state index in [0.717, 1.165) is 10.2 Å². The number of piperidine rings is 1. The van der Waals surface area contributed by atoms with Crippen molar-refractivity contribution in [1.29, 1.82) is 0 Å². The number of carbonyl (C=O) groups is 2. The van der Waals surface area contributed by atoms with E-state index in [1.807, 2.05) is 6.92 Å². The average Bonchev–Trinajstić information content (AvgIpc) is 2.82. The van der Waals surface area contributed by atoms with Crippen molar-refractivity contribution in [3.05, 3.63) is 5.82 Å². The Morgan fingerprint density at radius 1 is 1.47 bits per heavy atom. The van der Waals surface area contributed by atoms with Gasteiger partial charge in [0, 0.05) is 13.1 Å². The Bertz CT molecular complexity index is 470. The monoisotopic (exact) mass is 301 g/mol. The van der Waals surface area contributed by atoms with Gasteiger partial charge in [-0.15, -0.1) is 0 Å². The van der Waals surface area contributed by atoms with E-state index in [0.29, 0.717) is 31.7 Å². The lowest BCUT2D eigenvalue weighted by Gasteiger charge is -2.29. The summed E-state index contributed by atoms with van der Waals surface area (Å²) in [4.78, 5) is 28.7. The minimum atomic E-state index is -0.759. The number of amides is 1. The van der Waals surface area contributed by atoms with E-state index >= 15 is 0 Å². The topological polar surface area (TPSA) is 83.4 Å². The van der Waals surface area contributed by atoms with Crippen LogP contribution in [0.5, 0.6) is 0 Å². The highest BCUT2D eigenvalue weighted by atomic mass is 32.2. The summed E-state index contributed by atoms with van der Waals surface area (Å²) in [5.74, 6) is 0.0454.